The van der Waals surface area contributed by atoms with Crippen molar-refractivity contribution >= 4 is 11.8 Å². The maximum Gasteiger partial charge on any atom is 0.272 e. The highest BCUT2D eigenvalue weighted by molar-refractivity contribution is 5.95. The van der Waals surface area contributed by atoms with Gasteiger partial charge < -0.3 is 10.2 Å². The summed E-state index contributed by atoms with van der Waals surface area (Å²) in [4.78, 5) is 28.9. The van der Waals surface area contributed by atoms with Crippen molar-refractivity contribution in [2.24, 2.45) is 0 Å². The van der Waals surface area contributed by atoms with Crippen LogP contribution in [0.5, 0.6) is 0 Å². The molecule has 1 saturated heterocycles. The van der Waals surface area contributed by atoms with Gasteiger partial charge in [0.15, 0.2) is 0 Å². The van der Waals surface area contributed by atoms with Gasteiger partial charge in [-0.2, -0.15) is 5.26 Å². The minimum Gasteiger partial charge on any atom is -0.354 e. The van der Waals surface area contributed by atoms with Gasteiger partial charge in [-0.25, -0.2) is 4.98 Å². The summed E-state index contributed by atoms with van der Waals surface area (Å²) in [6.07, 6.45) is 2.08. The average Bonchev–Trinajstić information content (AvgIpc) is 2.63. The van der Waals surface area contributed by atoms with E-state index in [1.54, 1.807) is 0 Å². The highest BCUT2D eigenvalue weighted by Crippen LogP contribution is 2.05. The lowest BCUT2D eigenvalue weighted by Crippen LogP contribution is -2.37. The summed E-state index contributed by atoms with van der Waals surface area (Å²) < 4.78 is 0. The van der Waals surface area contributed by atoms with Crippen LogP contribution >= 0.6 is 0 Å². The summed E-state index contributed by atoms with van der Waals surface area (Å²) in [5, 5.41) is 11.4. The number of pyridine rings is 1. The minimum absolute atomic E-state index is 0.0561. The molecule has 0 radical (unpaired) electrons. The van der Waals surface area contributed by atoms with E-state index in [2.05, 4.69) is 10.3 Å². The van der Waals surface area contributed by atoms with E-state index in [1.165, 1.54) is 23.2 Å². The molecular formula is C12H12N4O2. The molecule has 1 N–H and O–H groups in total. The zero-order valence-corrected chi connectivity index (χ0v) is 9.72. The quantitative estimate of drug-likeness (QED) is 0.748. The number of rotatable bonds is 1. The topological polar surface area (TPSA) is 86.1 Å². The lowest BCUT2D eigenvalue weighted by atomic mass is 10.2. The van der Waals surface area contributed by atoms with Gasteiger partial charge in [-0.05, 0) is 18.6 Å². The lowest BCUT2D eigenvalue weighted by Gasteiger charge is -2.18. The normalized spacial score (nSPS) is 15.5. The largest absolute Gasteiger partial charge is 0.354 e. The molecule has 2 rings (SSSR count). The van der Waals surface area contributed by atoms with Crippen molar-refractivity contribution in [3.63, 3.8) is 0 Å². The molecule has 92 valence electrons. The molecule has 1 aliphatic rings. The highest BCUT2D eigenvalue weighted by atomic mass is 16.2. The summed E-state index contributed by atoms with van der Waals surface area (Å²) in [5.74, 6) is -0.439. The average molecular weight is 244 g/mol. The van der Waals surface area contributed by atoms with Crippen molar-refractivity contribution in [2.75, 3.05) is 19.6 Å². The van der Waals surface area contributed by atoms with Crippen LogP contribution in [0.15, 0.2) is 18.3 Å². The zero-order valence-electron chi connectivity index (χ0n) is 9.72. The first-order chi connectivity index (χ1) is 8.70. The van der Waals surface area contributed by atoms with E-state index in [0.717, 1.165) is 6.42 Å². The van der Waals surface area contributed by atoms with Crippen molar-refractivity contribution in [1.82, 2.24) is 15.2 Å². The molecule has 0 unspecified atom stereocenters. The van der Waals surface area contributed by atoms with Crippen LogP contribution in [0.1, 0.15) is 22.5 Å². The van der Waals surface area contributed by atoms with E-state index in [9.17, 15) is 9.59 Å². The Balaban J connectivity index is 2.14. The fraction of sp³-hybridized carbons (Fsp3) is 0.333. The van der Waals surface area contributed by atoms with E-state index in [4.69, 9.17) is 5.26 Å². The SMILES string of the molecule is N#Cc1ccc(C(=O)N2CCCNC(=O)C2)nc1. The van der Waals surface area contributed by atoms with Gasteiger partial charge >= 0.3 is 0 Å². The van der Waals surface area contributed by atoms with Gasteiger partial charge in [0, 0.05) is 19.3 Å². The van der Waals surface area contributed by atoms with Crippen LogP contribution in [-0.2, 0) is 4.79 Å². The molecule has 6 heteroatoms. The Hall–Kier alpha value is -2.42. The molecule has 2 amide bonds. The maximum atomic E-state index is 12.1. The van der Waals surface area contributed by atoms with E-state index in [-0.39, 0.29) is 24.1 Å². The van der Waals surface area contributed by atoms with Crippen LogP contribution in [0.4, 0.5) is 0 Å². The molecule has 6 nitrogen and oxygen atoms in total. The summed E-state index contributed by atoms with van der Waals surface area (Å²) in [5.41, 5.74) is 0.656. The summed E-state index contributed by atoms with van der Waals surface area (Å²) in [7, 11) is 0. The van der Waals surface area contributed by atoms with Crippen molar-refractivity contribution in [3.05, 3.63) is 29.6 Å². The Morgan fingerprint density at radius 2 is 2.33 bits per heavy atom. The van der Waals surface area contributed by atoms with Gasteiger partial charge in [0.25, 0.3) is 5.91 Å². The first-order valence-electron chi connectivity index (χ1n) is 5.63. The van der Waals surface area contributed by atoms with Crippen LogP contribution < -0.4 is 5.32 Å². The molecule has 0 atom stereocenters. The molecule has 0 aromatic carbocycles. The molecular weight excluding hydrogens is 232 g/mol. The van der Waals surface area contributed by atoms with Crippen molar-refractivity contribution in [1.29, 1.82) is 5.26 Å². The maximum absolute atomic E-state index is 12.1. The van der Waals surface area contributed by atoms with Gasteiger partial charge in [-0.1, -0.05) is 0 Å². The zero-order chi connectivity index (χ0) is 13.0. The molecule has 1 fully saturated rings. The van der Waals surface area contributed by atoms with Crippen LogP contribution in [0.3, 0.4) is 0 Å². The predicted molar refractivity (Wildman–Crippen MR) is 62.5 cm³/mol. The molecule has 1 aromatic rings. The Bertz CT molecular complexity index is 504. The monoisotopic (exact) mass is 244 g/mol. The first-order valence-corrected chi connectivity index (χ1v) is 5.63. The lowest BCUT2D eigenvalue weighted by molar-refractivity contribution is -0.121. The number of carbonyl (C=O) groups excluding carboxylic acids is 2. The van der Waals surface area contributed by atoms with Crippen molar-refractivity contribution < 1.29 is 9.59 Å². The molecule has 0 bridgehead atoms. The van der Waals surface area contributed by atoms with Gasteiger partial charge in [0.2, 0.25) is 5.91 Å². The number of carbonyl (C=O) groups is 2. The van der Waals surface area contributed by atoms with Crippen LogP contribution in [-0.4, -0.2) is 41.3 Å². The molecule has 1 aliphatic heterocycles. The number of amides is 2. The molecule has 0 saturated carbocycles. The molecule has 1 aromatic heterocycles. The Morgan fingerprint density at radius 1 is 1.50 bits per heavy atom. The fourth-order valence-corrected chi connectivity index (χ4v) is 1.73. The Morgan fingerprint density at radius 3 is 3.00 bits per heavy atom. The highest BCUT2D eigenvalue weighted by Gasteiger charge is 2.21. The van der Waals surface area contributed by atoms with Crippen LogP contribution in [0.25, 0.3) is 0 Å². The van der Waals surface area contributed by atoms with Gasteiger partial charge in [-0.15, -0.1) is 0 Å². The molecule has 0 aliphatic carbocycles. The second kappa shape index (κ2) is 5.27. The number of hydrogen-bond acceptors (Lipinski definition) is 4. The number of aromatic nitrogens is 1. The second-order valence-corrected chi connectivity index (χ2v) is 3.97. The Labute approximate surface area is 104 Å². The first kappa shape index (κ1) is 12.0. The van der Waals surface area contributed by atoms with Crippen LogP contribution in [0.2, 0.25) is 0 Å². The molecule has 2 heterocycles. The second-order valence-electron chi connectivity index (χ2n) is 3.97. The molecule has 0 spiro atoms. The third-order valence-corrected chi connectivity index (χ3v) is 2.66. The number of nitrogens with zero attached hydrogens (tertiary/aromatic N) is 3. The van der Waals surface area contributed by atoms with Gasteiger partial charge in [0.1, 0.15) is 11.8 Å². The minimum atomic E-state index is -0.281. The smallest absolute Gasteiger partial charge is 0.272 e. The van der Waals surface area contributed by atoms with Crippen molar-refractivity contribution in [2.45, 2.75) is 6.42 Å². The number of nitriles is 1. The van der Waals surface area contributed by atoms with Gasteiger partial charge in [-0.3, -0.25) is 9.59 Å². The van der Waals surface area contributed by atoms with E-state index < -0.39 is 0 Å². The van der Waals surface area contributed by atoms with Crippen molar-refractivity contribution in [3.8, 4) is 6.07 Å². The van der Waals surface area contributed by atoms with E-state index in [1.807, 2.05) is 6.07 Å². The van der Waals surface area contributed by atoms with Gasteiger partial charge in [0.05, 0.1) is 12.1 Å². The molecule has 18 heavy (non-hydrogen) atoms. The summed E-state index contributed by atoms with van der Waals surface area (Å²) in [6, 6.07) is 4.98. The Kier molecular flexibility index (Phi) is 3.53. The third-order valence-electron chi connectivity index (χ3n) is 2.66. The standard InChI is InChI=1S/C12H12N4O2/c13-6-9-2-3-10(15-7-9)12(18)16-5-1-4-14-11(17)8-16/h2-3,7H,1,4-5,8H2,(H,14,17). The summed E-state index contributed by atoms with van der Waals surface area (Å²) in [6.45, 7) is 1.17. The number of nitrogens with one attached hydrogen (secondary N) is 1. The van der Waals surface area contributed by atoms with Crippen LogP contribution in [0, 0.1) is 11.3 Å². The summed E-state index contributed by atoms with van der Waals surface area (Å²) >= 11 is 0. The van der Waals surface area contributed by atoms with E-state index >= 15 is 0 Å². The third kappa shape index (κ3) is 2.63. The van der Waals surface area contributed by atoms with E-state index in [0.29, 0.717) is 18.7 Å². The number of hydrogen-bond donors (Lipinski definition) is 1. The fourth-order valence-electron chi connectivity index (χ4n) is 1.73. The predicted octanol–water partition coefficient (Wildman–Crippen LogP) is -0.0846.